The van der Waals surface area contributed by atoms with Gasteiger partial charge in [-0.05, 0) is 23.8 Å². The zero-order valence-corrected chi connectivity index (χ0v) is 9.85. The van der Waals surface area contributed by atoms with Crippen molar-refractivity contribution in [2.24, 2.45) is 0 Å². The van der Waals surface area contributed by atoms with E-state index in [2.05, 4.69) is 22.3 Å². The second-order valence-electron chi connectivity index (χ2n) is 4.70. The van der Waals surface area contributed by atoms with Crippen LogP contribution < -0.4 is 15.0 Å². The highest BCUT2D eigenvalue weighted by Crippen LogP contribution is 2.29. The molecule has 1 aromatic rings. The van der Waals surface area contributed by atoms with Crippen LogP contribution in [0.5, 0.6) is 5.75 Å². The van der Waals surface area contributed by atoms with E-state index in [9.17, 15) is 5.11 Å². The van der Waals surface area contributed by atoms with Gasteiger partial charge in [0.1, 0.15) is 12.4 Å². The Bertz CT molecular complexity index is 402. The number of piperazine rings is 1. The SMILES string of the molecule is O[C@H]1COc2ccc(N3CCNCC3)cc2C1. The molecule has 3 rings (SSSR count). The number of nitrogens with one attached hydrogen (secondary N) is 1. The fourth-order valence-electron chi connectivity index (χ4n) is 2.48. The first-order valence-electron chi connectivity index (χ1n) is 6.22. The molecule has 1 fully saturated rings. The third-order valence-corrected chi connectivity index (χ3v) is 3.41. The van der Waals surface area contributed by atoms with Gasteiger partial charge >= 0.3 is 0 Å². The first-order valence-corrected chi connectivity index (χ1v) is 6.22. The molecule has 2 aliphatic heterocycles. The lowest BCUT2D eigenvalue weighted by Gasteiger charge is -2.31. The number of anilines is 1. The lowest BCUT2D eigenvalue weighted by Crippen LogP contribution is -2.43. The number of rotatable bonds is 1. The van der Waals surface area contributed by atoms with Crippen LogP contribution in [0.1, 0.15) is 5.56 Å². The lowest BCUT2D eigenvalue weighted by molar-refractivity contribution is 0.0921. The summed E-state index contributed by atoms with van der Waals surface area (Å²) >= 11 is 0. The number of nitrogens with zero attached hydrogens (tertiary/aromatic N) is 1. The fourth-order valence-corrected chi connectivity index (χ4v) is 2.48. The van der Waals surface area contributed by atoms with Gasteiger partial charge in [-0.25, -0.2) is 0 Å². The summed E-state index contributed by atoms with van der Waals surface area (Å²) in [5, 5.41) is 13.0. The van der Waals surface area contributed by atoms with Crippen LogP contribution in [-0.4, -0.2) is 44.0 Å². The highest BCUT2D eigenvalue weighted by atomic mass is 16.5. The Morgan fingerprint density at radius 1 is 1.29 bits per heavy atom. The van der Waals surface area contributed by atoms with Crippen LogP contribution in [0.4, 0.5) is 5.69 Å². The van der Waals surface area contributed by atoms with Gasteiger partial charge in [0.15, 0.2) is 0 Å². The molecule has 0 bridgehead atoms. The third kappa shape index (κ3) is 2.23. The molecule has 1 aromatic carbocycles. The van der Waals surface area contributed by atoms with Gasteiger partial charge in [0.05, 0.1) is 6.10 Å². The van der Waals surface area contributed by atoms with Crippen molar-refractivity contribution in [3.8, 4) is 5.75 Å². The summed E-state index contributed by atoms with van der Waals surface area (Å²) in [5.74, 6) is 0.925. The van der Waals surface area contributed by atoms with Crippen LogP contribution in [0.2, 0.25) is 0 Å². The molecule has 0 aliphatic carbocycles. The van der Waals surface area contributed by atoms with Crippen molar-refractivity contribution in [3.63, 3.8) is 0 Å². The van der Waals surface area contributed by atoms with E-state index in [1.807, 2.05) is 6.07 Å². The van der Waals surface area contributed by atoms with Gasteiger partial charge in [-0.3, -0.25) is 0 Å². The standard InChI is InChI=1S/C13H18N2O2/c16-12-8-10-7-11(1-2-13(10)17-9-12)15-5-3-14-4-6-15/h1-2,7,12,14,16H,3-6,8-9H2/t12-/m1/s1. The highest BCUT2D eigenvalue weighted by Gasteiger charge is 2.19. The Hall–Kier alpha value is -1.26. The maximum absolute atomic E-state index is 9.61. The van der Waals surface area contributed by atoms with Crippen molar-refractivity contribution in [2.75, 3.05) is 37.7 Å². The van der Waals surface area contributed by atoms with Gasteiger partial charge in [0, 0.05) is 38.3 Å². The highest BCUT2D eigenvalue weighted by molar-refractivity contribution is 5.54. The number of hydrogen-bond acceptors (Lipinski definition) is 4. The molecule has 2 N–H and O–H groups in total. The summed E-state index contributed by atoms with van der Waals surface area (Å²) in [6.45, 7) is 4.58. The van der Waals surface area contributed by atoms with E-state index in [4.69, 9.17) is 4.74 Å². The van der Waals surface area contributed by atoms with Gasteiger partial charge in [0.2, 0.25) is 0 Å². The Balaban J connectivity index is 1.84. The van der Waals surface area contributed by atoms with Crippen LogP contribution in [-0.2, 0) is 6.42 Å². The average molecular weight is 234 g/mol. The number of benzene rings is 1. The molecule has 4 heteroatoms. The van der Waals surface area contributed by atoms with E-state index in [0.29, 0.717) is 13.0 Å². The summed E-state index contributed by atoms with van der Waals surface area (Å²) in [6, 6.07) is 6.30. The molecule has 4 nitrogen and oxygen atoms in total. The molecule has 0 spiro atoms. The van der Waals surface area contributed by atoms with Crippen molar-refractivity contribution in [3.05, 3.63) is 23.8 Å². The first-order chi connectivity index (χ1) is 8.33. The molecule has 1 saturated heterocycles. The van der Waals surface area contributed by atoms with Gasteiger partial charge in [-0.1, -0.05) is 0 Å². The van der Waals surface area contributed by atoms with Crippen LogP contribution in [0, 0.1) is 0 Å². The van der Waals surface area contributed by atoms with Gasteiger partial charge in [-0.2, -0.15) is 0 Å². The smallest absolute Gasteiger partial charge is 0.122 e. The number of aliphatic hydroxyl groups excluding tert-OH is 1. The summed E-state index contributed by atoms with van der Waals surface area (Å²) in [5.41, 5.74) is 2.36. The molecule has 2 aliphatic rings. The minimum Gasteiger partial charge on any atom is -0.491 e. The molecule has 2 heterocycles. The maximum atomic E-state index is 9.61. The molecule has 0 radical (unpaired) electrons. The quantitative estimate of drug-likeness (QED) is 0.738. The lowest BCUT2D eigenvalue weighted by atomic mass is 10.0. The van der Waals surface area contributed by atoms with Gasteiger partial charge < -0.3 is 20.1 Å². The molecule has 0 unspecified atom stereocenters. The largest absolute Gasteiger partial charge is 0.491 e. The van der Waals surface area contributed by atoms with E-state index in [-0.39, 0.29) is 6.10 Å². The number of ether oxygens (including phenoxy) is 1. The second-order valence-corrected chi connectivity index (χ2v) is 4.70. The molecular weight excluding hydrogens is 216 g/mol. The third-order valence-electron chi connectivity index (χ3n) is 3.41. The molecule has 17 heavy (non-hydrogen) atoms. The molecule has 0 saturated carbocycles. The van der Waals surface area contributed by atoms with Crippen LogP contribution in [0.3, 0.4) is 0 Å². The Morgan fingerprint density at radius 2 is 2.12 bits per heavy atom. The summed E-state index contributed by atoms with van der Waals surface area (Å²) in [7, 11) is 0. The summed E-state index contributed by atoms with van der Waals surface area (Å²) < 4.78 is 5.50. The van der Waals surface area contributed by atoms with Crippen molar-refractivity contribution in [2.45, 2.75) is 12.5 Å². The molecule has 0 aromatic heterocycles. The second kappa shape index (κ2) is 4.55. The normalized spacial score (nSPS) is 24.1. The Kier molecular flexibility index (Phi) is 2.91. The molecule has 1 atom stereocenters. The van der Waals surface area contributed by atoms with Crippen LogP contribution in [0.15, 0.2) is 18.2 Å². The number of fused-ring (bicyclic) bond motifs is 1. The Morgan fingerprint density at radius 3 is 2.94 bits per heavy atom. The van der Waals surface area contributed by atoms with E-state index in [0.717, 1.165) is 37.5 Å². The minimum absolute atomic E-state index is 0.360. The Labute approximate surface area is 101 Å². The average Bonchev–Trinajstić information content (AvgIpc) is 2.39. The maximum Gasteiger partial charge on any atom is 0.122 e. The van der Waals surface area contributed by atoms with Crippen molar-refractivity contribution >= 4 is 5.69 Å². The summed E-state index contributed by atoms with van der Waals surface area (Å²) in [6.07, 6.45) is 0.343. The minimum atomic E-state index is -0.360. The zero-order valence-electron chi connectivity index (χ0n) is 9.85. The predicted octanol–water partition coefficient (Wildman–Crippen LogP) is 0.392. The van der Waals surface area contributed by atoms with Crippen LogP contribution >= 0.6 is 0 Å². The zero-order chi connectivity index (χ0) is 11.7. The monoisotopic (exact) mass is 234 g/mol. The van der Waals surface area contributed by atoms with Gasteiger partial charge in [0.25, 0.3) is 0 Å². The van der Waals surface area contributed by atoms with Crippen LogP contribution in [0.25, 0.3) is 0 Å². The van der Waals surface area contributed by atoms with Crippen molar-refractivity contribution < 1.29 is 9.84 Å². The van der Waals surface area contributed by atoms with Crippen molar-refractivity contribution in [1.82, 2.24) is 5.32 Å². The topological polar surface area (TPSA) is 44.7 Å². The predicted molar refractivity (Wildman–Crippen MR) is 66.7 cm³/mol. The van der Waals surface area contributed by atoms with Crippen molar-refractivity contribution in [1.29, 1.82) is 0 Å². The molecule has 92 valence electrons. The molecular formula is C13H18N2O2. The fraction of sp³-hybridized carbons (Fsp3) is 0.538. The van der Waals surface area contributed by atoms with E-state index < -0.39 is 0 Å². The van der Waals surface area contributed by atoms with Gasteiger partial charge in [-0.15, -0.1) is 0 Å². The first kappa shape index (κ1) is 10.9. The van der Waals surface area contributed by atoms with E-state index >= 15 is 0 Å². The van der Waals surface area contributed by atoms with E-state index in [1.54, 1.807) is 0 Å². The van der Waals surface area contributed by atoms with E-state index in [1.165, 1.54) is 5.69 Å². The number of hydrogen-bond donors (Lipinski definition) is 2. The number of aliphatic hydroxyl groups is 1. The summed E-state index contributed by atoms with van der Waals surface area (Å²) in [4.78, 5) is 2.37. The molecule has 0 amide bonds.